The molecule has 0 saturated heterocycles. The van der Waals surface area contributed by atoms with E-state index in [4.69, 9.17) is 0 Å². The molecule has 0 unspecified atom stereocenters. The maximum Gasteiger partial charge on any atom is 0.243 e. The number of unbranched alkanes of at least 4 members (excludes halogenated alkanes) is 2. The third-order valence-electron chi connectivity index (χ3n) is 13.4. The Kier molecular flexibility index (Phi) is 25.6. The van der Waals surface area contributed by atoms with Crippen molar-refractivity contribution >= 4 is 52.9 Å². The highest BCUT2D eigenvalue weighted by Crippen LogP contribution is 2.24. The van der Waals surface area contributed by atoms with Gasteiger partial charge in [0.25, 0.3) is 0 Å². The highest BCUT2D eigenvalue weighted by atomic mass is 32.2. The molecule has 0 spiro atoms. The number of carbonyl (C=O) groups is 2. The van der Waals surface area contributed by atoms with Crippen molar-refractivity contribution in [3.63, 3.8) is 0 Å². The second-order valence-corrected chi connectivity index (χ2v) is 27.4. The van der Waals surface area contributed by atoms with Crippen LogP contribution in [0.2, 0.25) is 0 Å². The molecule has 0 aliphatic heterocycles. The zero-order valence-corrected chi connectivity index (χ0v) is 48.8. The molecular weight excluding hydrogens is 1070 g/mol. The summed E-state index contributed by atoms with van der Waals surface area (Å²) in [5.41, 5.74) is 4.62. The topological polar surface area (TPSA) is 211 Å². The minimum Gasteiger partial charge on any atom is -0.359 e. The number of hydrogen-bond donors (Lipinski definition) is 2. The summed E-state index contributed by atoms with van der Waals surface area (Å²) in [6, 6.07) is 36.3. The smallest absolute Gasteiger partial charge is 0.243 e. The van der Waals surface area contributed by atoms with Gasteiger partial charge in [0, 0.05) is 72.0 Å². The first-order valence-corrected chi connectivity index (χ1v) is 32.4. The van der Waals surface area contributed by atoms with Crippen LogP contribution in [0.1, 0.15) is 79.2 Å². The van der Waals surface area contributed by atoms with Crippen LogP contribution in [0.25, 0.3) is 0 Å². The third kappa shape index (κ3) is 19.5. The molecule has 2 N–H and O–H groups in total. The summed E-state index contributed by atoms with van der Waals surface area (Å²) in [6.45, 7) is 10.4. The maximum atomic E-state index is 14.5. The summed E-state index contributed by atoms with van der Waals surface area (Å²) >= 11 is 0. The minimum atomic E-state index is -4.04. The van der Waals surface area contributed by atoms with Crippen LogP contribution < -0.4 is 10.6 Å². The van der Waals surface area contributed by atoms with E-state index in [9.17, 15) is 43.3 Å². The van der Waals surface area contributed by atoms with Gasteiger partial charge in [-0.3, -0.25) is 14.5 Å². The van der Waals surface area contributed by atoms with Crippen molar-refractivity contribution in [3.05, 3.63) is 155 Å². The summed E-state index contributed by atoms with van der Waals surface area (Å²) < 4.78 is 120. The van der Waals surface area contributed by atoms with Crippen molar-refractivity contribution in [1.29, 1.82) is 0 Å². The van der Waals surface area contributed by atoms with E-state index >= 15 is 0 Å². The highest BCUT2D eigenvalue weighted by molar-refractivity contribution is 7.90. The third-order valence-corrected chi connectivity index (χ3v) is 21.1. The molecule has 0 saturated carbocycles. The molecule has 78 heavy (non-hydrogen) atoms. The second-order valence-electron chi connectivity index (χ2n) is 19.6. The standard InChI is InChI=1S/C57H79N7O10S4/c1-49-18-26-54(27-19-49)75(67,68)61(38-10-8-34-58-47-65)42-14-44-63(77(71,72)56-30-22-51(3)23-31-56)40-12-36-60(46-53-16-6-5-7-17-53)37-13-41-64(78(73,74)57-32-24-52(4)25-33-57)45-15-43-62(39-11-9-35-59-48-66)76(69,70)55-28-20-50(2)21-29-55/h5-7,16-33,47-48H,8-15,34-46H2,1-4H3,(H,58,65)(H,59,66). The molecule has 21 heteroatoms. The first-order valence-electron chi connectivity index (χ1n) is 26.7. The molecule has 0 radical (unpaired) electrons. The summed E-state index contributed by atoms with van der Waals surface area (Å²) in [7, 11) is -16.0. The fraction of sp³-hybridized carbons (Fsp3) is 0.439. The Labute approximate surface area is 465 Å². The highest BCUT2D eigenvalue weighted by Gasteiger charge is 2.30. The predicted molar refractivity (Wildman–Crippen MR) is 307 cm³/mol. The molecule has 0 heterocycles. The predicted octanol–water partition coefficient (Wildman–Crippen LogP) is 7.10. The van der Waals surface area contributed by atoms with E-state index in [1.54, 1.807) is 97.1 Å². The Balaban J connectivity index is 1.35. The Morgan fingerprint density at radius 1 is 0.333 bits per heavy atom. The number of amides is 2. The maximum absolute atomic E-state index is 14.5. The van der Waals surface area contributed by atoms with Gasteiger partial charge in [0.05, 0.1) is 19.6 Å². The molecule has 5 aromatic carbocycles. The number of aryl methyl sites for hydroxylation is 4. The first kappa shape index (κ1) is 63.5. The largest absolute Gasteiger partial charge is 0.359 e. The van der Waals surface area contributed by atoms with E-state index in [0.717, 1.165) is 27.8 Å². The monoisotopic (exact) mass is 1150 g/mol. The van der Waals surface area contributed by atoms with Crippen LogP contribution >= 0.6 is 0 Å². The van der Waals surface area contributed by atoms with E-state index in [0.29, 0.717) is 84.1 Å². The van der Waals surface area contributed by atoms with Gasteiger partial charge in [-0.25, -0.2) is 33.7 Å². The molecular formula is C57H79N7O10S4. The Hall–Kier alpha value is -5.36. The number of rotatable bonds is 38. The van der Waals surface area contributed by atoms with Crippen LogP contribution in [0.3, 0.4) is 0 Å². The van der Waals surface area contributed by atoms with Gasteiger partial charge in [-0.15, -0.1) is 0 Å². The number of nitrogens with one attached hydrogen (secondary N) is 2. The molecule has 0 atom stereocenters. The average molecular weight is 1150 g/mol. The Morgan fingerprint density at radius 2 is 0.590 bits per heavy atom. The van der Waals surface area contributed by atoms with E-state index in [-0.39, 0.29) is 84.8 Å². The molecule has 5 rings (SSSR count). The molecule has 0 aliphatic carbocycles. The van der Waals surface area contributed by atoms with Gasteiger partial charge in [0.15, 0.2) is 0 Å². The number of sulfonamides is 4. The van der Waals surface area contributed by atoms with Crippen molar-refractivity contribution < 1.29 is 43.3 Å². The van der Waals surface area contributed by atoms with Crippen LogP contribution in [0, 0.1) is 27.7 Å². The first-order chi connectivity index (χ1) is 37.3. The lowest BCUT2D eigenvalue weighted by atomic mass is 10.2. The fourth-order valence-corrected chi connectivity index (χ4v) is 15.0. The van der Waals surface area contributed by atoms with Gasteiger partial charge >= 0.3 is 0 Å². The second kappa shape index (κ2) is 31.4. The number of hydrogen-bond acceptors (Lipinski definition) is 11. The lowest BCUT2D eigenvalue weighted by molar-refractivity contribution is -0.110. The van der Waals surface area contributed by atoms with Gasteiger partial charge in [-0.1, -0.05) is 101 Å². The van der Waals surface area contributed by atoms with Crippen LogP contribution in [0.15, 0.2) is 147 Å². The molecule has 0 aliphatic rings. The van der Waals surface area contributed by atoms with Gasteiger partial charge in [0.2, 0.25) is 52.9 Å². The van der Waals surface area contributed by atoms with Gasteiger partial charge in [-0.05, 0) is 146 Å². The molecule has 0 fully saturated rings. The zero-order valence-electron chi connectivity index (χ0n) is 45.6. The summed E-state index contributed by atoms with van der Waals surface area (Å²) in [5, 5.41) is 5.23. The SMILES string of the molecule is Cc1ccc(S(=O)(=O)N(CCCCNC=O)CCCN(CCCN(CCCN(CCCN(CCCCNC=O)S(=O)(=O)c2ccc(C)cc2)S(=O)(=O)c2ccc(C)cc2)Cc2ccccc2)S(=O)(=O)c2ccc(C)cc2)cc1. The molecule has 426 valence electrons. The number of carbonyl (C=O) groups excluding carboxylic acids is 2. The lowest BCUT2D eigenvalue weighted by Crippen LogP contribution is -2.39. The number of nitrogens with zero attached hydrogens (tertiary/aromatic N) is 5. The summed E-state index contributed by atoms with van der Waals surface area (Å²) in [4.78, 5) is 24.4. The van der Waals surface area contributed by atoms with E-state index < -0.39 is 40.1 Å². The normalized spacial score (nSPS) is 12.5. The van der Waals surface area contributed by atoms with Gasteiger partial charge < -0.3 is 10.6 Å². The van der Waals surface area contributed by atoms with E-state index in [2.05, 4.69) is 15.5 Å². The molecule has 0 aromatic heterocycles. The van der Waals surface area contributed by atoms with Crippen LogP contribution in [-0.2, 0) is 56.2 Å². The van der Waals surface area contributed by atoms with Crippen molar-refractivity contribution in [2.45, 2.75) is 105 Å². The minimum absolute atomic E-state index is 0.0362. The molecule has 5 aromatic rings. The number of benzene rings is 5. The van der Waals surface area contributed by atoms with Crippen LogP contribution in [0.4, 0.5) is 0 Å². The molecule has 2 amide bonds. The van der Waals surface area contributed by atoms with E-state index in [1.165, 1.54) is 17.2 Å². The lowest BCUT2D eigenvalue weighted by Gasteiger charge is -2.28. The summed E-state index contributed by atoms with van der Waals surface area (Å²) in [6.07, 6.45) is 4.47. The molecule has 17 nitrogen and oxygen atoms in total. The van der Waals surface area contributed by atoms with E-state index in [1.807, 2.05) is 58.0 Å². The van der Waals surface area contributed by atoms with Gasteiger partial charge in [-0.2, -0.15) is 17.2 Å². The quantitative estimate of drug-likeness (QED) is 0.0301. The molecule has 0 bridgehead atoms. The summed E-state index contributed by atoms with van der Waals surface area (Å²) in [5.74, 6) is 0. The Bertz CT molecular complexity index is 2870. The average Bonchev–Trinajstić information content (AvgIpc) is 3.47. The van der Waals surface area contributed by atoms with Crippen LogP contribution in [0.5, 0.6) is 0 Å². The van der Waals surface area contributed by atoms with Crippen molar-refractivity contribution in [1.82, 2.24) is 32.8 Å². The van der Waals surface area contributed by atoms with Crippen LogP contribution in [-0.4, -0.2) is 147 Å². The fourth-order valence-electron chi connectivity index (χ4n) is 8.89. The van der Waals surface area contributed by atoms with Crippen molar-refractivity contribution in [2.24, 2.45) is 0 Å². The van der Waals surface area contributed by atoms with Gasteiger partial charge in [0.1, 0.15) is 0 Å². The zero-order chi connectivity index (χ0) is 56.6. The van der Waals surface area contributed by atoms with Crippen molar-refractivity contribution in [3.8, 4) is 0 Å². The van der Waals surface area contributed by atoms with Crippen molar-refractivity contribution in [2.75, 3.05) is 78.5 Å². The Morgan fingerprint density at radius 3 is 0.859 bits per heavy atom.